The summed E-state index contributed by atoms with van der Waals surface area (Å²) in [6.07, 6.45) is 1.67. The number of amides is 3. The first-order valence-electron chi connectivity index (χ1n) is 11.7. The maximum atomic E-state index is 13.1. The number of nitrogens with zero attached hydrogens (tertiary/aromatic N) is 1. The van der Waals surface area contributed by atoms with Gasteiger partial charge >= 0.3 is 0 Å². The summed E-state index contributed by atoms with van der Waals surface area (Å²) in [5.74, 6) is -0.273. The number of unbranched alkanes of at least 4 members (excludes halogenated alkanes) is 1. The van der Waals surface area contributed by atoms with Gasteiger partial charge in [0.2, 0.25) is 11.8 Å². The number of nitrogens with one attached hydrogen (secondary N) is 2. The minimum atomic E-state index is -0.389. The van der Waals surface area contributed by atoms with E-state index >= 15 is 0 Å². The number of hydrogen-bond acceptors (Lipinski definition) is 4. The number of anilines is 1. The second kappa shape index (κ2) is 12.9. The van der Waals surface area contributed by atoms with E-state index in [1.165, 1.54) is 4.90 Å². The summed E-state index contributed by atoms with van der Waals surface area (Å²) >= 11 is 0. The van der Waals surface area contributed by atoms with Crippen LogP contribution in [0.4, 0.5) is 5.69 Å². The molecule has 3 aromatic rings. The van der Waals surface area contributed by atoms with Gasteiger partial charge in [-0.2, -0.15) is 0 Å². The molecule has 0 spiro atoms. The summed E-state index contributed by atoms with van der Waals surface area (Å²) in [6, 6.07) is 24.2. The number of rotatable bonds is 11. The molecule has 0 heterocycles. The SMILES string of the molecule is CCCCN(CC(=O)NCC(=O)Nc1ccc(OC)cc1)C(=O)c1ccc(-c2ccccc2)cc1. The molecule has 0 saturated heterocycles. The van der Waals surface area contributed by atoms with E-state index in [1.54, 1.807) is 43.5 Å². The van der Waals surface area contributed by atoms with Gasteiger partial charge in [-0.1, -0.05) is 55.8 Å². The van der Waals surface area contributed by atoms with Crippen LogP contribution >= 0.6 is 0 Å². The predicted molar refractivity (Wildman–Crippen MR) is 137 cm³/mol. The Hall–Kier alpha value is -4.13. The number of carbonyl (C=O) groups is 3. The van der Waals surface area contributed by atoms with Gasteiger partial charge in [0, 0.05) is 17.8 Å². The number of benzene rings is 3. The van der Waals surface area contributed by atoms with Crippen LogP contribution in [0.25, 0.3) is 11.1 Å². The van der Waals surface area contributed by atoms with E-state index in [4.69, 9.17) is 4.74 Å². The molecule has 182 valence electrons. The largest absolute Gasteiger partial charge is 0.497 e. The normalized spacial score (nSPS) is 10.3. The van der Waals surface area contributed by atoms with Gasteiger partial charge in [0.15, 0.2) is 0 Å². The van der Waals surface area contributed by atoms with E-state index in [0.717, 1.165) is 24.0 Å². The number of carbonyl (C=O) groups excluding carboxylic acids is 3. The smallest absolute Gasteiger partial charge is 0.254 e. The minimum Gasteiger partial charge on any atom is -0.497 e. The van der Waals surface area contributed by atoms with Crippen molar-refractivity contribution in [3.05, 3.63) is 84.4 Å². The van der Waals surface area contributed by atoms with E-state index in [0.29, 0.717) is 23.5 Å². The summed E-state index contributed by atoms with van der Waals surface area (Å²) in [7, 11) is 1.57. The number of hydrogen-bond donors (Lipinski definition) is 2. The van der Waals surface area contributed by atoms with Crippen LogP contribution < -0.4 is 15.4 Å². The van der Waals surface area contributed by atoms with E-state index in [9.17, 15) is 14.4 Å². The summed E-state index contributed by atoms with van der Waals surface area (Å²) in [4.78, 5) is 39.4. The zero-order chi connectivity index (χ0) is 25.0. The fraction of sp³-hybridized carbons (Fsp3) is 0.250. The quantitative estimate of drug-likeness (QED) is 0.433. The lowest BCUT2D eigenvalue weighted by atomic mass is 10.0. The van der Waals surface area contributed by atoms with Crippen molar-refractivity contribution in [1.82, 2.24) is 10.2 Å². The Morgan fingerprint density at radius 3 is 2.11 bits per heavy atom. The number of methoxy groups -OCH3 is 1. The van der Waals surface area contributed by atoms with Crippen LogP contribution in [0.1, 0.15) is 30.1 Å². The minimum absolute atomic E-state index is 0.116. The Morgan fingerprint density at radius 1 is 0.829 bits per heavy atom. The first-order valence-corrected chi connectivity index (χ1v) is 11.7. The second-order valence-corrected chi connectivity index (χ2v) is 8.08. The Morgan fingerprint density at radius 2 is 1.49 bits per heavy atom. The highest BCUT2D eigenvalue weighted by atomic mass is 16.5. The van der Waals surface area contributed by atoms with E-state index in [2.05, 4.69) is 10.6 Å². The average molecular weight is 474 g/mol. The second-order valence-electron chi connectivity index (χ2n) is 8.08. The van der Waals surface area contributed by atoms with Crippen LogP contribution in [0, 0.1) is 0 Å². The molecule has 0 atom stereocenters. The Labute approximate surface area is 206 Å². The molecule has 3 aromatic carbocycles. The Balaban J connectivity index is 1.56. The van der Waals surface area contributed by atoms with Crippen LogP contribution in [0.5, 0.6) is 5.75 Å². The van der Waals surface area contributed by atoms with Gasteiger partial charge in [0.25, 0.3) is 5.91 Å². The van der Waals surface area contributed by atoms with Crippen molar-refractivity contribution in [2.45, 2.75) is 19.8 Å². The molecule has 7 nitrogen and oxygen atoms in total. The lowest BCUT2D eigenvalue weighted by Gasteiger charge is -2.22. The molecule has 0 aliphatic carbocycles. The Bertz CT molecular complexity index is 1110. The van der Waals surface area contributed by atoms with E-state index < -0.39 is 0 Å². The van der Waals surface area contributed by atoms with Crippen molar-refractivity contribution in [2.24, 2.45) is 0 Å². The fourth-order valence-electron chi connectivity index (χ4n) is 3.51. The van der Waals surface area contributed by atoms with Gasteiger partial charge < -0.3 is 20.3 Å². The van der Waals surface area contributed by atoms with Crippen LogP contribution in [0.15, 0.2) is 78.9 Å². The standard InChI is InChI=1S/C28H31N3O4/c1-3-4-18-31(28(34)23-12-10-22(11-13-23)21-8-6-5-7-9-21)20-27(33)29-19-26(32)30-24-14-16-25(35-2)17-15-24/h5-17H,3-4,18-20H2,1-2H3,(H,29,33)(H,30,32). The molecule has 0 saturated carbocycles. The van der Waals surface area contributed by atoms with Crippen molar-refractivity contribution in [3.63, 3.8) is 0 Å². The van der Waals surface area contributed by atoms with Crippen molar-refractivity contribution in [3.8, 4) is 16.9 Å². The molecule has 0 bridgehead atoms. The highest BCUT2D eigenvalue weighted by Crippen LogP contribution is 2.20. The highest BCUT2D eigenvalue weighted by molar-refractivity contribution is 5.98. The zero-order valence-corrected chi connectivity index (χ0v) is 20.1. The lowest BCUT2D eigenvalue weighted by molar-refractivity contribution is -0.124. The monoisotopic (exact) mass is 473 g/mol. The average Bonchev–Trinajstić information content (AvgIpc) is 2.90. The molecule has 0 aliphatic heterocycles. The third-order valence-corrected chi connectivity index (χ3v) is 5.46. The fourth-order valence-corrected chi connectivity index (χ4v) is 3.51. The van der Waals surface area contributed by atoms with E-state index in [1.807, 2.05) is 49.4 Å². The molecule has 2 N–H and O–H groups in total. The first-order chi connectivity index (χ1) is 17.0. The number of ether oxygens (including phenoxy) is 1. The maximum Gasteiger partial charge on any atom is 0.254 e. The molecule has 35 heavy (non-hydrogen) atoms. The molecule has 0 radical (unpaired) electrons. The summed E-state index contributed by atoms with van der Waals surface area (Å²) in [5.41, 5.74) is 3.21. The summed E-state index contributed by atoms with van der Waals surface area (Å²) < 4.78 is 5.09. The summed E-state index contributed by atoms with van der Waals surface area (Å²) in [5, 5.41) is 5.31. The van der Waals surface area contributed by atoms with Crippen LogP contribution in [0.2, 0.25) is 0 Å². The van der Waals surface area contributed by atoms with Crippen molar-refractivity contribution < 1.29 is 19.1 Å². The first kappa shape index (κ1) is 25.5. The van der Waals surface area contributed by atoms with Gasteiger partial charge in [-0.15, -0.1) is 0 Å². The molecule has 3 amide bonds. The predicted octanol–water partition coefficient (Wildman–Crippen LogP) is 4.36. The van der Waals surface area contributed by atoms with E-state index in [-0.39, 0.29) is 30.8 Å². The molecule has 0 aromatic heterocycles. The van der Waals surface area contributed by atoms with Gasteiger partial charge in [0.05, 0.1) is 20.2 Å². The third-order valence-electron chi connectivity index (χ3n) is 5.46. The van der Waals surface area contributed by atoms with Gasteiger partial charge in [-0.05, 0) is 53.9 Å². The molecular weight excluding hydrogens is 442 g/mol. The van der Waals surface area contributed by atoms with Crippen molar-refractivity contribution in [1.29, 1.82) is 0 Å². The third kappa shape index (κ3) is 7.71. The van der Waals surface area contributed by atoms with Gasteiger partial charge in [-0.25, -0.2) is 0 Å². The van der Waals surface area contributed by atoms with Crippen LogP contribution in [0.3, 0.4) is 0 Å². The van der Waals surface area contributed by atoms with Gasteiger partial charge in [-0.3, -0.25) is 14.4 Å². The van der Waals surface area contributed by atoms with Crippen molar-refractivity contribution in [2.75, 3.05) is 32.1 Å². The van der Waals surface area contributed by atoms with Crippen LogP contribution in [-0.4, -0.2) is 49.4 Å². The molecule has 3 rings (SSSR count). The van der Waals surface area contributed by atoms with Crippen molar-refractivity contribution >= 4 is 23.4 Å². The Kier molecular flexibility index (Phi) is 9.42. The molecule has 0 fully saturated rings. The van der Waals surface area contributed by atoms with Gasteiger partial charge in [0.1, 0.15) is 5.75 Å². The molecule has 0 aliphatic rings. The zero-order valence-electron chi connectivity index (χ0n) is 20.1. The highest BCUT2D eigenvalue weighted by Gasteiger charge is 2.19. The molecular formula is C28H31N3O4. The topological polar surface area (TPSA) is 87.7 Å². The maximum absolute atomic E-state index is 13.1. The molecule has 0 unspecified atom stereocenters. The summed E-state index contributed by atoms with van der Waals surface area (Å²) in [6.45, 7) is 2.18. The lowest BCUT2D eigenvalue weighted by Crippen LogP contribution is -2.43. The van der Waals surface area contributed by atoms with Crippen LogP contribution in [-0.2, 0) is 9.59 Å². The molecule has 7 heteroatoms.